The molecule has 6 heteroatoms. The molecule has 2 amide bonds. The number of nitrogens with one attached hydrogen (secondary N) is 1. The van der Waals surface area contributed by atoms with Crippen LogP contribution in [0, 0.1) is 6.92 Å². The summed E-state index contributed by atoms with van der Waals surface area (Å²) in [6.45, 7) is 1.79. The first-order valence-corrected chi connectivity index (χ1v) is 8.33. The van der Waals surface area contributed by atoms with Gasteiger partial charge in [0.1, 0.15) is 12.3 Å². The molecule has 1 aromatic heterocycles. The van der Waals surface area contributed by atoms with E-state index in [1.807, 2.05) is 48.5 Å². The number of rotatable bonds is 3. The molecule has 0 saturated carbocycles. The number of aryl methyl sites for hydroxylation is 1. The first-order valence-electron chi connectivity index (χ1n) is 8.33. The van der Waals surface area contributed by atoms with Gasteiger partial charge in [0.05, 0.1) is 23.5 Å². The number of carbonyl (C=O) groups is 2. The number of nitrogens with zero attached hydrogens (tertiary/aromatic N) is 2. The Balaban J connectivity index is 1.60. The van der Waals surface area contributed by atoms with Crippen LogP contribution in [0.5, 0.6) is 0 Å². The Bertz CT molecular complexity index is 979. The maximum atomic E-state index is 12.8. The van der Waals surface area contributed by atoms with E-state index in [9.17, 15) is 9.59 Å². The minimum atomic E-state index is -0.209. The Kier molecular flexibility index (Phi) is 4.01. The summed E-state index contributed by atoms with van der Waals surface area (Å²) in [6.07, 6.45) is 0.0732. The minimum Gasteiger partial charge on any atom is -0.441 e. The number of fused-ring (bicyclic) bond motifs is 1. The second-order valence-corrected chi connectivity index (χ2v) is 6.11. The molecule has 0 unspecified atom stereocenters. The van der Waals surface area contributed by atoms with Gasteiger partial charge in [0.2, 0.25) is 17.7 Å². The lowest BCUT2D eigenvalue weighted by Gasteiger charge is -2.29. The van der Waals surface area contributed by atoms with Crippen molar-refractivity contribution in [2.75, 3.05) is 16.8 Å². The normalized spacial score (nSPS) is 13.3. The van der Waals surface area contributed by atoms with Gasteiger partial charge >= 0.3 is 0 Å². The first kappa shape index (κ1) is 16.1. The van der Waals surface area contributed by atoms with Crippen molar-refractivity contribution in [2.45, 2.75) is 13.3 Å². The zero-order valence-corrected chi connectivity index (χ0v) is 14.2. The molecule has 1 aliphatic rings. The zero-order chi connectivity index (χ0) is 18.1. The van der Waals surface area contributed by atoms with Crippen LogP contribution >= 0.6 is 0 Å². The van der Waals surface area contributed by atoms with Crippen molar-refractivity contribution in [3.63, 3.8) is 0 Å². The van der Waals surface area contributed by atoms with Crippen molar-refractivity contribution >= 4 is 23.2 Å². The molecule has 3 aromatic rings. The highest BCUT2D eigenvalue weighted by atomic mass is 16.4. The number of hydrogen-bond acceptors (Lipinski definition) is 4. The fourth-order valence-electron chi connectivity index (χ4n) is 2.99. The average Bonchev–Trinajstić information content (AvgIpc) is 3.02. The molecule has 6 nitrogen and oxygen atoms in total. The lowest BCUT2D eigenvalue weighted by molar-refractivity contribution is -0.121. The number of anilines is 2. The van der Waals surface area contributed by atoms with E-state index in [4.69, 9.17) is 4.42 Å². The van der Waals surface area contributed by atoms with E-state index in [2.05, 4.69) is 10.3 Å². The van der Waals surface area contributed by atoms with E-state index in [-0.39, 0.29) is 24.8 Å². The van der Waals surface area contributed by atoms with Gasteiger partial charge in [-0.05, 0) is 31.2 Å². The Hall–Kier alpha value is -3.41. The molecule has 0 spiro atoms. The van der Waals surface area contributed by atoms with Crippen molar-refractivity contribution in [1.82, 2.24) is 4.98 Å². The van der Waals surface area contributed by atoms with Gasteiger partial charge in [-0.2, -0.15) is 0 Å². The van der Waals surface area contributed by atoms with Crippen LogP contribution in [0.15, 0.2) is 59.0 Å². The number of aromatic nitrogens is 1. The molecule has 26 heavy (non-hydrogen) atoms. The molecule has 0 atom stereocenters. The number of oxazole rings is 1. The summed E-state index contributed by atoms with van der Waals surface area (Å²) in [5.41, 5.74) is 2.77. The van der Waals surface area contributed by atoms with E-state index >= 15 is 0 Å². The largest absolute Gasteiger partial charge is 0.441 e. The summed E-state index contributed by atoms with van der Waals surface area (Å²) in [4.78, 5) is 30.7. The van der Waals surface area contributed by atoms with Crippen LogP contribution in [0.1, 0.15) is 11.5 Å². The predicted octanol–water partition coefficient (Wildman–Crippen LogP) is 3.18. The van der Waals surface area contributed by atoms with Crippen LogP contribution in [0.2, 0.25) is 0 Å². The standard InChI is InChI=1S/C20H17N3O3/c1-13-16(22-20(26-13)14-7-3-2-4-8-14)11-19(25)23-12-18(24)21-15-9-5-6-10-17(15)23/h2-10H,11-12H2,1H3,(H,21,24). The summed E-state index contributed by atoms with van der Waals surface area (Å²) in [6, 6.07) is 16.8. The second-order valence-electron chi connectivity index (χ2n) is 6.11. The predicted molar refractivity (Wildman–Crippen MR) is 97.8 cm³/mol. The number of amides is 2. The fraction of sp³-hybridized carbons (Fsp3) is 0.150. The van der Waals surface area contributed by atoms with Crippen molar-refractivity contribution in [2.24, 2.45) is 0 Å². The van der Waals surface area contributed by atoms with E-state index in [1.54, 1.807) is 13.0 Å². The van der Waals surface area contributed by atoms with Crippen LogP contribution in [-0.2, 0) is 16.0 Å². The van der Waals surface area contributed by atoms with Crippen LogP contribution < -0.4 is 10.2 Å². The third kappa shape index (κ3) is 2.97. The maximum Gasteiger partial charge on any atom is 0.244 e. The topological polar surface area (TPSA) is 75.4 Å². The monoisotopic (exact) mass is 347 g/mol. The SMILES string of the molecule is Cc1oc(-c2ccccc2)nc1CC(=O)N1CC(=O)Nc2ccccc21. The highest BCUT2D eigenvalue weighted by molar-refractivity contribution is 6.10. The van der Waals surface area contributed by atoms with Crippen LogP contribution in [0.3, 0.4) is 0 Å². The third-order valence-electron chi connectivity index (χ3n) is 4.30. The lowest BCUT2D eigenvalue weighted by Crippen LogP contribution is -2.42. The molecule has 0 aliphatic carbocycles. The Morgan fingerprint density at radius 2 is 1.88 bits per heavy atom. The molecule has 1 N–H and O–H groups in total. The Labute approximate surface area is 150 Å². The minimum absolute atomic E-state index is 0.00170. The van der Waals surface area contributed by atoms with Crippen molar-refractivity contribution < 1.29 is 14.0 Å². The zero-order valence-electron chi connectivity index (χ0n) is 14.2. The second kappa shape index (κ2) is 6.48. The van der Waals surface area contributed by atoms with Crippen molar-refractivity contribution in [3.05, 3.63) is 66.1 Å². The number of benzene rings is 2. The summed E-state index contributed by atoms with van der Waals surface area (Å²) in [7, 11) is 0. The average molecular weight is 347 g/mol. The summed E-state index contributed by atoms with van der Waals surface area (Å²) >= 11 is 0. The number of hydrogen-bond donors (Lipinski definition) is 1. The van der Waals surface area contributed by atoms with E-state index in [0.717, 1.165) is 5.56 Å². The Morgan fingerprint density at radius 1 is 1.15 bits per heavy atom. The maximum absolute atomic E-state index is 12.8. The van der Waals surface area contributed by atoms with Gasteiger partial charge < -0.3 is 14.6 Å². The summed E-state index contributed by atoms with van der Waals surface area (Å²) in [5.74, 6) is 0.692. The summed E-state index contributed by atoms with van der Waals surface area (Å²) < 4.78 is 5.72. The molecule has 4 rings (SSSR count). The van der Waals surface area contributed by atoms with Crippen molar-refractivity contribution in [1.29, 1.82) is 0 Å². The fourth-order valence-corrected chi connectivity index (χ4v) is 2.99. The van der Waals surface area contributed by atoms with Gasteiger partial charge in [-0.3, -0.25) is 9.59 Å². The van der Waals surface area contributed by atoms with Crippen LogP contribution in [0.4, 0.5) is 11.4 Å². The first-order chi connectivity index (χ1) is 12.6. The number of para-hydroxylation sites is 2. The molecule has 2 aromatic carbocycles. The van der Waals surface area contributed by atoms with Crippen LogP contribution in [0.25, 0.3) is 11.5 Å². The van der Waals surface area contributed by atoms with Gasteiger partial charge in [0, 0.05) is 5.56 Å². The molecule has 0 bridgehead atoms. The lowest BCUT2D eigenvalue weighted by atomic mass is 10.1. The molecule has 1 aliphatic heterocycles. The Morgan fingerprint density at radius 3 is 2.69 bits per heavy atom. The van der Waals surface area contributed by atoms with E-state index < -0.39 is 0 Å². The molecular weight excluding hydrogens is 330 g/mol. The smallest absolute Gasteiger partial charge is 0.244 e. The van der Waals surface area contributed by atoms with Crippen LogP contribution in [-0.4, -0.2) is 23.3 Å². The number of carbonyl (C=O) groups excluding carboxylic acids is 2. The van der Waals surface area contributed by atoms with E-state index in [1.165, 1.54) is 4.90 Å². The molecule has 130 valence electrons. The van der Waals surface area contributed by atoms with Gasteiger partial charge in [-0.15, -0.1) is 0 Å². The highest BCUT2D eigenvalue weighted by Gasteiger charge is 2.27. The molecular formula is C20H17N3O3. The highest BCUT2D eigenvalue weighted by Crippen LogP contribution is 2.30. The van der Waals surface area contributed by atoms with Gasteiger partial charge in [0.15, 0.2) is 0 Å². The van der Waals surface area contributed by atoms with E-state index in [0.29, 0.717) is 28.7 Å². The molecule has 0 radical (unpaired) electrons. The molecule has 2 heterocycles. The third-order valence-corrected chi connectivity index (χ3v) is 4.30. The summed E-state index contributed by atoms with van der Waals surface area (Å²) in [5, 5.41) is 2.78. The van der Waals surface area contributed by atoms with Gasteiger partial charge in [0.25, 0.3) is 0 Å². The van der Waals surface area contributed by atoms with Crippen molar-refractivity contribution in [3.8, 4) is 11.5 Å². The van der Waals surface area contributed by atoms with Gasteiger partial charge in [-0.1, -0.05) is 30.3 Å². The quantitative estimate of drug-likeness (QED) is 0.789. The molecule has 0 fully saturated rings. The molecule has 0 saturated heterocycles. The van der Waals surface area contributed by atoms with Gasteiger partial charge in [-0.25, -0.2) is 4.98 Å².